The van der Waals surface area contributed by atoms with Gasteiger partial charge in [-0.25, -0.2) is 13.2 Å². The molecule has 0 aliphatic rings. The van der Waals surface area contributed by atoms with Crippen LogP contribution in [0.2, 0.25) is 0 Å². The van der Waals surface area contributed by atoms with Crippen LogP contribution in [0.25, 0.3) is 0 Å². The molecule has 0 saturated heterocycles. The normalized spacial score (nSPS) is 10.4. The summed E-state index contributed by atoms with van der Waals surface area (Å²) in [6.07, 6.45) is -1.34. The predicted molar refractivity (Wildman–Crippen MR) is 48.2 cm³/mol. The molecule has 0 N–H and O–H groups in total. The Morgan fingerprint density at radius 2 is 2.00 bits per heavy atom. The van der Waals surface area contributed by atoms with E-state index < -0.39 is 25.3 Å². The first-order valence-corrected chi connectivity index (χ1v) is 4.12. The molecule has 0 radical (unpaired) electrons. The van der Waals surface area contributed by atoms with Gasteiger partial charge in [0.15, 0.2) is 11.9 Å². The third kappa shape index (κ3) is 2.93. The number of halogens is 3. The van der Waals surface area contributed by atoms with Gasteiger partial charge in [-0.1, -0.05) is 0 Å². The van der Waals surface area contributed by atoms with Gasteiger partial charge in [0.1, 0.15) is 24.9 Å². The third-order valence-electron chi connectivity index (χ3n) is 1.66. The molecule has 0 unspecified atom stereocenters. The lowest BCUT2D eigenvalue weighted by Crippen LogP contribution is -2.21. The van der Waals surface area contributed by atoms with Gasteiger partial charge >= 0.3 is 0 Å². The van der Waals surface area contributed by atoms with E-state index >= 15 is 0 Å². The van der Waals surface area contributed by atoms with Gasteiger partial charge in [-0.05, 0) is 17.3 Å². The van der Waals surface area contributed by atoms with Crippen molar-refractivity contribution in [2.24, 2.45) is 5.18 Å². The molecule has 0 fully saturated rings. The van der Waals surface area contributed by atoms with Crippen LogP contribution in [-0.2, 0) is 0 Å². The average Bonchev–Trinajstić information content (AvgIpc) is 2.26. The molecule has 0 amide bonds. The Morgan fingerprint density at radius 1 is 1.33 bits per heavy atom. The van der Waals surface area contributed by atoms with E-state index in [-0.39, 0.29) is 11.4 Å². The lowest BCUT2D eigenvalue weighted by molar-refractivity contribution is 0.134. The van der Waals surface area contributed by atoms with Crippen molar-refractivity contribution >= 4 is 5.69 Å². The van der Waals surface area contributed by atoms with Crippen LogP contribution in [-0.4, -0.2) is 19.5 Å². The van der Waals surface area contributed by atoms with Gasteiger partial charge in [0.2, 0.25) is 0 Å². The van der Waals surface area contributed by atoms with Gasteiger partial charge in [-0.15, -0.1) is 4.91 Å². The number of nitroso groups, excluding NO2 is 1. The van der Waals surface area contributed by atoms with E-state index in [0.29, 0.717) is 0 Å². The lowest BCUT2D eigenvalue weighted by Gasteiger charge is -2.13. The van der Waals surface area contributed by atoms with E-state index in [9.17, 15) is 18.1 Å². The van der Waals surface area contributed by atoms with Crippen LogP contribution in [0, 0.1) is 10.7 Å². The van der Waals surface area contributed by atoms with E-state index in [1.807, 2.05) is 0 Å². The predicted octanol–water partition coefficient (Wildman–Crippen LogP) is 2.91. The van der Waals surface area contributed by atoms with Crippen molar-refractivity contribution in [1.29, 1.82) is 0 Å². The Bertz CT molecular complexity index is 342. The molecule has 0 aliphatic carbocycles. The summed E-state index contributed by atoms with van der Waals surface area (Å²) < 4.78 is 41.7. The van der Waals surface area contributed by atoms with Gasteiger partial charge in [0.05, 0.1) is 0 Å². The first kappa shape index (κ1) is 11.5. The molecular weight excluding hydrogens is 211 g/mol. The summed E-state index contributed by atoms with van der Waals surface area (Å²) in [7, 11) is 0. The van der Waals surface area contributed by atoms with Crippen molar-refractivity contribution in [3.05, 3.63) is 28.9 Å². The molecular formula is C9H8F3NO2. The van der Waals surface area contributed by atoms with Crippen molar-refractivity contribution in [2.75, 3.05) is 13.3 Å². The second-order valence-electron chi connectivity index (χ2n) is 2.75. The second kappa shape index (κ2) is 5.33. The number of rotatable bonds is 5. The fourth-order valence-corrected chi connectivity index (χ4v) is 0.942. The minimum atomic E-state index is -1.34. The van der Waals surface area contributed by atoms with Crippen LogP contribution in [0.4, 0.5) is 18.9 Å². The summed E-state index contributed by atoms with van der Waals surface area (Å²) >= 11 is 0. The zero-order valence-corrected chi connectivity index (χ0v) is 7.62. The Kier molecular flexibility index (Phi) is 4.08. The van der Waals surface area contributed by atoms with E-state index in [0.717, 1.165) is 18.2 Å². The summed E-state index contributed by atoms with van der Waals surface area (Å²) in [5.41, 5.74) is -0.191. The highest BCUT2D eigenvalue weighted by Crippen LogP contribution is 2.28. The molecule has 0 bridgehead atoms. The van der Waals surface area contributed by atoms with E-state index in [4.69, 9.17) is 4.74 Å². The smallest absolute Gasteiger partial charge is 0.155 e. The van der Waals surface area contributed by atoms with Crippen LogP contribution in [0.1, 0.15) is 0 Å². The SMILES string of the molecule is O=Nc1ccc(F)cc1OC(CF)CF. The summed E-state index contributed by atoms with van der Waals surface area (Å²) in [5, 5.41) is 2.55. The molecule has 1 rings (SSSR count). The summed E-state index contributed by atoms with van der Waals surface area (Å²) in [6, 6.07) is 2.93. The summed E-state index contributed by atoms with van der Waals surface area (Å²) in [6.45, 7) is -2.13. The van der Waals surface area contributed by atoms with E-state index in [1.165, 1.54) is 0 Å². The average molecular weight is 219 g/mol. The first-order chi connectivity index (χ1) is 7.21. The molecule has 0 heterocycles. The highest BCUT2D eigenvalue weighted by Gasteiger charge is 2.13. The molecule has 0 aromatic heterocycles. The Morgan fingerprint density at radius 3 is 2.53 bits per heavy atom. The molecule has 0 aliphatic heterocycles. The van der Waals surface area contributed by atoms with Gasteiger partial charge in [-0.3, -0.25) is 0 Å². The highest BCUT2D eigenvalue weighted by molar-refractivity contribution is 5.51. The number of hydrogen-bond acceptors (Lipinski definition) is 3. The molecule has 0 spiro atoms. The maximum atomic E-state index is 12.7. The number of ether oxygens (including phenoxy) is 1. The Balaban J connectivity index is 2.90. The molecule has 6 heteroatoms. The van der Waals surface area contributed by atoms with Gasteiger partial charge < -0.3 is 4.74 Å². The summed E-state index contributed by atoms with van der Waals surface area (Å²) in [5.74, 6) is -0.931. The Hall–Kier alpha value is -1.59. The molecule has 1 aromatic carbocycles. The van der Waals surface area contributed by atoms with Crippen molar-refractivity contribution < 1.29 is 17.9 Å². The largest absolute Gasteiger partial charge is 0.482 e. The van der Waals surface area contributed by atoms with E-state index in [2.05, 4.69) is 5.18 Å². The number of nitrogens with zero attached hydrogens (tertiary/aromatic N) is 1. The zero-order chi connectivity index (χ0) is 11.3. The highest BCUT2D eigenvalue weighted by atomic mass is 19.1. The third-order valence-corrected chi connectivity index (χ3v) is 1.66. The van der Waals surface area contributed by atoms with Crippen LogP contribution in [0.15, 0.2) is 23.4 Å². The van der Waals surface area contributed by atoms with Gasteiger partial charge in [-0.2, -0.15) is 0 Å². The number of alkyl halides is 2. The van der Waals surface area contributed by atoms with E-state index in [1.54, 1.807) is 0 Å². The molecule has 15 heavy (non-hydrogen) atoms. The molecule has 0 atom stereocenters. The fourth-order valence-electron chi connectivity index (χ4n) is 0.942. The quantitative estimate of drug-likeness (QED) is 0.714. The fraction of sp³-hybridized carbons (Fsp3) is 0.333. The number of benzene rings is 1. The second-order valence-corrected chi connectivity index (χ2v) is 2.75. The van der Waals surface area contributed by atoms with Crippen molar-refractivity contribution in [1.82, 2.24) is 0 Å². The minimum Gasteiger partial charge on any atom is -0.482 e. The molecule has 82 valence electrons. The zero-order valence-electron chi connectivity index (χ0n) is 7.62. The maximum absolute atomic E-state index is 12.7. The lowest BCUT2D eigenvalue weighted by atomic mass is 10.3. The topological polar surface area (TPSA) is 38.7 Å². The molecule has 3 nitrogen and oxygen atoms in total. The van der Waals surface area contributed by atoms with Crippen LogP contribution in [0.5, 0.6) is 5.75 Å². The van der Waals surface area contributed by atoms with Crippen LogP contribution in [0.3, 0.4) is 0 Å². The standard InChI is InChI=1S/C9H8F3NO2/c10-4-7(5-11)15-9-3-6(12)1-2-8(9)13-14/h1-3,7H,4-5H2. The monoisotopic (exact) mass is 219 g/mol. The molecule has 1 aromatic rings. The Labute approximate surface area is 83.8 Å². The van der Waals surface area contributed by atoms with Crippen molar-refractivity contribution in [3.8, 4) is 5.75 Å². The van der Waals surface area contributed by atoms with Crippen molar-refractivity contribution in [2.45, 2.75) is 6.10 Å². The minimum absolute atomic E-state index is 0.191. The van der Waals surface area contributed by atoms with Gasteiger partial charge in [0.25, 0.3) is 0 Å². The van der Waals surface area contributed by atoms with Gasteiger partial charge in [0, 0.05) is 6.07 Å². The maximum Gasteiger partial charge on any atom is 0.155 e. The number of hydrogen-bond donors (Lipinski definition) is 0. The molecule has 0 saturated carbocycles. The van der Waals surface area contributed by atoms with Crippen LogP contribution < -0.4 is 4.74 Å². The first-order valence-electron chi connectivity index (χ1n) is 4.12. The summed E-state index contributed by atoms with van der Waals surface area (Å²) in [4.78, 5) is 10.3. The van der Waals surface area contributed by atoms with Crippen molar-refractivity contribution in [3.63, 3.8) is 0 Å². The van der Waals surface area contributed by atoms with Crippen LogP contribution >= 0.6 is 0 Å².